The Morgan fingerprint density at radius 3 is 2.95 bits per heavy atom. The van der Waals surface area contributed by atoms with Crippen LogP contribution in [0.4, 0.5) is 0 Å². The molecule has 1 aromatic carbocycles. The third-order valence-electron chi connectivity index (χ3n) is 3.70. The molecule has 0 N–H and O–H groups in total. The summed E-state index contributed by atoms with van der Waals surface area (Å²) in [6.07, 6.45) is 1.62. The lowest BCUT2D eigenvalue weighted by molar-refractivity contribution is -0.132. The van der Waals surface area contributed by atoms with Gasteiger partial charge >= 0.3 is 0 Å². The molecule has 0 fully saturated rings. The van der Waals surface area contributed by atoms with Crippen LogP contribution in [0.5, 0.6) is 0 Å². The molecular weight excluding hydrogens is 286 g/mol. The molecule has 4 rings (SSSR count). The van der Waals surface area contributed by atoms with Crippen LogP contribution in [0.25, 0.3) is 0 Å². The van der Waals surface area contributed by atoms with E-state index in [1.807, 2.05) is 30.3 Å². The Bertz CT molecular complexity index is 690. The van der Waals surface area contributed by atoms with Crippen LogP contribution in [0.2, 0.25) is 0 Å². The van der Waals surface area contributed by atoms with E-state index in [0.717, 1.165) is 21.9 Å². The van der Waals surface area contributed by atoms with Gasteiger partial charge in [-0.1, -0.05) is 35.5 Å². The van der Waals surface area contributed by atoms with Crippen LogP contribution >= 0.6 is 11.8 Å². The number of hydrogen-bond donors (Lipinski definition) is 0. The summed E-state index contributed by atoms with van der Waals surface area (Å²) in [6.45, 7) is 1.11. The minimum atomic E-state index is -0.286. The highest BCUT2D eigenvalue weighted by atomic mass is 32.2. The number of rotatable bonds is 2. The Kier molecular flexibility index (Phi) is 3.03. The number of nitrogens with zero attached hydrogens (tertiary/aromatic N) is 3. The van der Waals surface area contributed by atoms with Gasteiger partial charge in [0.2, 0.25) is 5.91 Å². The molecule has 0 saturated carbocycles. The van der Waals surface area contributed by atoms with Crippen LogP contribution in [-0.2, 0) is 17.9 Å². The second-order valence-electron chi connectivity index (χ2n) is 5.11. The number of carbonyl (C=O) groups is 1. The molecule has 106 valence electrons. The van der Waals surface area contributed by atoms with E-state index in [1.165, 1.54) is 0 Å². The maximum atomic E-state index is 12.5. The first-order chi connectivity index (χ1) is 10.3. The summed E-state index contributed by atoms with van der Waals surface area (Å²) in [5.74, 6) is 0.785. The predicted molar refractivity (Wildman–Crippen MR) is 80.0 cm³/mol. The number of hydrogen-bond acceptors (Lipinski definition) is 5. The summed E-state index contributed by atoms with van der Waals surface area (Å²) in [4.78, 5) is 18.9. The van der Waals surface area contributed by atoms with Crippen molar-refractivity contribution in [2.75, 3.05) is 5.75 Å². The fourth-order valence-corrected chi connectivity index (χ4v) is 3.62. The second-order valence-corrected chi connectivity index (χ2v) is 6.12. The summed E-state index contributed by atoms with van der Waals surface area (Å²) in [6, 6.07) is 9.71. The highest BCUT2D eigenvalue weighted by Gasteiger charge is 2.33. The SMILES string of the molecule is O=C([C@@H]1CSC(c2ccccc2)=N1)N1Cc2conc2C1. The van der Waals surface area contributed by atoms with Crippen molar-refractivity contribution in [3.8, 4) is 0 Å². The van der Waals surface area contributed by atoms with Gasteiger partial charge in [0.05, 0.1) is 18.1 Å². The molecule has 1 aromatic heterocycles. The first kappa shape index (κ1) is 12.6. The van der Waals surface area contributed by atoms with E-state index in [1.54, 1.807) is 22.9 Å². The topological polar surface area (TPSA) is 58.7 Å². The Balaban J connectivity index is 1.49. The maximum Gasteiger partial charge on any atom is 0.248 e. The maximum absolute atomic E-state index is 12.5. The van der Waals surface area contributed by atoms with Crippen LogP contribution in [0, 0.1) is 0 Å². The Morgan fingerprint density at radius 1 is 1.29 bits per heavy atom. The van der Waals surface area contributed by atoms with E-state index < -0.39 is 0 Å². The van der Waals surface area contributed by atoms with Gasteiger partial charge < -0.3 is 9.42 Å². The molecule has 2 aliphatic rings. The standard InChI is InChI=1S/C15H13N3O2S/c19-15(18-6-11-8-20-17-12(11)7-18)13-9-21-14(16-13)10-4-2-1-3-5-10/h1-5,8,13H,6-7,9H2/t13-/m0/s1. The van der Waals surface area contributed by atoms with Crippen molar-refractivity contribution in [1.29, 1.82) is 0 Å². The van der Waals surface area contributed by atoms with Crippen molar-refractivity contribution in [2.24, 2.45) is 4.99 Å². The van der Waals surface area contributed by atoms with Gasteiger partial charge in [0.1, 0.15) is 18.0 Å². The molecule has 2 aromatic rings. The largest absolute Gasteiger partial charge is 0.364 e. The van der Waals surface area contributed by atoms with Gasteiger partial charge in [-0.3, -0.25) is 9.79 Å². The number of fused-ring (bicyclic) bond motifs is 1. The fraction of sp³-hybridized carbons (Fsp3) is 0.267. The first-order valence-electron chi connectivity index (χ1n) is 6.78. The molecule has 21 heavy (non-hydrogen) atoms. The molecule has 0 spiro atoms. The second kappa shape index (κ2) is 5.04. The monoisotopic (exact) mass is 299 g/mol. The van der Waals surface area contributed by atoms with Crippen LogP contribution in [0.15, 0.2) is 46.1 Å². The van der Waals surface area contributed by atoms with Crippen LogP contribution in [0.1, 0.15) is 16.8 Å². The number of aliphatic imine (C=N–C) groups is 1. The van der Waals surface area contributed by atoms with Crippen molar-refractivity contribution in [1.82, 2.24) is 10.1 Å². The Hall–Kier alpha value is -2.08. The molecule has 2 aliphatic heterocycles. The van der Waals surface area contributed by atoms with Crippen molar-refractivity contribution < 1.29 is 9.32 Å². The van der Waals surface area contributed by atoms with Crippen molar-refractivity contribution in [3.63, 3.8) is 0 Å². The van der Waals surface area contributed by atoms with E-state index in [-0.39, 0.29) is 11.9 Å². The summed E-state index contributed by atoms with van der Waals surface area (Å²) < 4.78 is 4.90. The molecular formula is C15H13N3O2S. The lowest BCUT2D eigenvalue weighted by atomic mass is 10.2. The molecule has 0 saturated heterocycles. The Morgan fingerprint density at radius 2 is 2.14 bits per heavy atom. The van der Waals surface area contributed by atoms with Gasteiger partial charge in [-0.25, -0.2) is 0 Å². The average molecular weight is 299 g/mol. The third-order valence-corrected chi connectivity index (χ3v) is 4.80. The van der Waals surface area contributed by atoms with E-state index >= 15 is 0 Å². The zero-order chi connectivity index (χ0) is 14.2. The molecule has 3 heterocycles. The number of carbonyl (C=O) groups excluding carboxylic acids is 1. The van der Waals surface area contributed by atoms with E-state index in [2.05, 4.69) is 10.1 Å². The normalized spacial score (nSPS) is 20.5. The lowest BCUT2D eigenvalue weighted by Crippen LogP contribution is -2.35. The third kappa shape index (κ3) is 2.25. The van der Waals surface area contributed by atoms with Gasteiger partial charge in [0.25, 0.3) is 0 Å². The molecule has 0 bridgehead atoms. The zero-order valence-corrected chi connectivity index (χ0v) is 12.0. The molecule has 6 heteroatoms. The van der Waals surface area contributed by atoms with E-state index in [9.17, 15) is 4.79 Å². The van der Waals surface area contributed by atoms with Gasteiger partial charge in [-0.15, -0.1) is 11.8 Å². The lowest BCUT2D eigenvalue weighted by Gasteiger charge is -2.17. The van der Waals surface area contributed by atoms with Crippen molar-refractivity contribution in [3.05, 3.63) is 53.4 Å². The van der Waals surface area contributed by atoms with Gasteiger partial charge in [0.15, 0.2) is 0 Å². The number of amides is 1. The average Bonchev–Trinajstić information content (AvgIpc) is 3.22. The molecule has 0 aliphatic carbocycles. The van der Waals surface area contributed by atoms with Crippen LogP contribution < -0.4 is 0 Å². The molecule has 1 atom stereocenters. The summed E-state index contributed by atoms with van der Waals surface area (Å²) in [5.41, 5.74) is 2.94. The van der Waals surface area contributed by atoms with Crippen LogP contribution in [-0.4, -0.2) is 32.8 Å². The summed E-state index contributed by atoms with van der Waals surface area (Å²) in [7, 11) is 0. The smallest absolute Gasteiger partial charge is 0.248 e. The first-order valence-corrected chi connectivity index (χ1v) is 7.77. The van der Waals surface area contributed by atoms with E-state index in [4.69, 9.17) is 4.52 Å². The van der Waals surface area contributed by atoms with Gasteiger partial charge in [-0.05, 0) is 0 Å². The number of benzene rings is 1. The summed E-state index contributed by atoms with van der Waals surface area (Å²) >= 11 is 1.64. The summed E-state index contributed by atoms with van der Waals surface area (Å²) in [5, 5.41) is 4.86. The van der Waals surface area contributed by atoms with Crippen molar-refractivity contribution >= 4 is 22.7 Å². The highest BCUT2D eigenvalue weighted by molar-refractivity contribution is 8.14. The zero-order valence-electron chi connectivity index (χ0n) is 11.2. The predicted octanol–water partition coefficient (Wildman–Crippen LogP) is 2.08. The van der Waals surface area contributed by atoms with Gasteiger partial charge in [-0.2, -0.15) is 0 Å². The minimum absolute atomic E-state index is 0.0754. The number of aromatic nitrogens is 1. The quantitative estimate of drug-likeness (QED) is 0.852. The van der Waals surface area contributed by atoms with E-state index in [0.29, 0.717) is 18.8 Å². The number of thioether (sulfide) groups is 1. The Labute approximate surface area is 126 Å². The molecule has 0 radical (unpaired) electrons. The molecule has 5 nitrogen and oxygen atoms in total. The van der Waals surface area contributed by atoms with Gasteiger partial charge in [0, 0.05) is 16.9 Å². The molecule has 0 unspecified atom stereocenters. The fourth-order valence-electron chi connectivity index (χ4n) is 2.59. The highest BCUT2D eigenvalue weighted by Crippen LogP contribution is 2.27. The minimum Gasteiger partial charge on any atom is -0.364 e. The van der Waals surface area contributed by atoms with Crippen LogP contribution in [0.3, 0.4) is 0 Å². The van der Waals surface area contributed by atoms with Crippen molar-refractivity contribution in [2.45, 2.75) is 19.1 Å². The molecule has 1 amide bonds.